The number of hydrogen-bond donors (Lipinski definition) is 2. The number of nitrogens with one attached hydrogen (secondary N) is 1. The zero-order valence-electron chi connectivity index (χ0n) is 12.5. The summed E-state index contributed by atoms with van der Waals surface area (Å²) in [5.41, 5.74) is 4.78. The van der Waals surface area contributed by atoms with Gasteiger partial charge in [-0.2, -0.15) is 0 Å². The Hall–Kier alpha value is -3.23. The van der Waals surface area contributed by atoms with Crippen molar-refractivity contribution in [3.05, 3.63) is 64.9 Å². The summed E-state index contributed by atoms with van der Waals surface area (Å²) in [4.78, 5) is 19.8. The van der Waals surface area contributed by atoms with E-state index in [9.17, 15) is 22.4 Å². The number of nitrogens with zero attached hydrogens (tertiary/aromatic N) is 2. The molecule has 0 radical (unpaired) electrons. The van der Waals surface area contributed by atoms with Crippen LogP contribution in [0.15, 0.2) is 30.3 Å². The van der Waals surface area contributed by atoms with Crippen LogP contribution < -0.4 is 11.1 Å². The third kappa shape index (κ3) is 3.21. The van der Waals surface area contributed by atoms with Gasteiger partial charge < -0.3 is 11.1 Å². The van der Waals surface area contributed by atoms with E-state index in [2.05, 4.69) is 15.3 Å². The SMILES string of the molecule is Nc1nc2cc(F)c(F)cc2nc1C(=O)NCc1c(F)cccc1F. The molecular formula is C16H10F4N4O. The minimum Gasteiger partial charge on any atom is -0.382 e. The number of rotatable bonds is 3. The van der Waals surface area contributed by atoms with Gasteiger partial charge in [0.05, 0.1) is 11.0 Å². The molecule has 3 aromatic rings. The molecule has 2 aromatic carbocycles. The average Bonchev–Trinajstić information content (AvgIpc) is 2.55. The highest BCUT2D eigenvalue weighted by atomic mass is 19.2. The third-order valence-electron chi connectivity index (χ3n) is 3.44. The van der Waals surface area contributed by atoms with E-state index in [1.54, 1.807) is 0 Å². The van der Waals surface area contributed by atoms with Crippen LogP contribution in [0.2, 0.25) is 0 Å². The lowest BCUT2D eigenvalue weighted by molar-refractivity contribution is 0.0946. The summed E-state index contributed by atoms with van der Waals surface area (Å²) in [5.74, 6) is -5.13. The van der Waals surface area contributed by atoms with Gasteiger partial charge in [0, 0.05) is 24.2 Å². The molecule has 0 aliphatic carbocycles. The largest absolute Gasteiger partial charge is 0.382 e. The van der Waals surface area contributed by atoms with Gasteiger partial charge in [0.2, 0.25) is 0 Å². The van der Waals surface area contributed by atoms with Crippen LogP contribution in [0.1, 0.15) is 16.1 Å². The van der Waals surface area contributed by atoms with Gasteiger partial charge in [-0.3, -0.25) is 4.79 Å². The molecule has 0 spiro atoms. The standard InChI is InChI=1S/C16H10F4N4O/c17-8-2-1-3-9(18)7(8)6-22-16(25)14-15(21)24-13-5-11(20)10(19)4-12(13)23-14/h1-5H,6H2,(H2,21,24)(H,22,25). The van der Waals surface area contributed by atoms with E-state index in [-0.39, 0.29) is 28.1 Å². The fraction of sp³-hybridized carbons (Fsp3) is 0.0625. The fourth-order valence-corrected chi connectivity index (χ4v) is 2.19. The van der Waals surface area contributed by atoms with Crippen LogP contribution in [0.5, 0.6) is 0 Å². The monoisotopic (exact) mass is 350 g/mol. The molecule has 25 heavy (non-hydrogen) atoms. The van der Waals surface area contributed by atoms with Crippen LogP contribution in [0.4, 0.5) is 23.4 Å². The predicted octanol–water partition coefficient (Wildman–Crippen LogP) is 2.70. The molecule has 0 fully saturated rings. The van der Waals surface area contributed by atoms with E-state index in [0.29, 0.717) is 0 Å². The van der Waals surface area contributed by atoms with Gasteiger partial charge in [0.25, 0.3) is 5.91 Å². The number of benzene rings is 2. The number of anilines is 1. The number of halogens is 4. The third-order valence-corrected chi connectivity index (χ3v) is 3.44. The van der Waals surface area contributed by atoms with E-state index in [0.717, 1.165) is 24.3 Å². The van der Waals surface area contributed by atoms with Crippen molar-refractivity contribution in [1.29, 1.82) is 0 Å². The first-order valence-electron chi connectivity index (χ1n) is 7.00. The first-order chi connectivity index (χ1) is 11.9. The highest BCUT2D eigenvalue weighted by Crippen LogP contribution is 2.19. The van der Waals surface area contributed by atoms with Crippen molar-refractivity contribution < 1.29 is 22.4 Å². The summed E-state index contributed by atoms with van der Waals surface area (Å²) in [6.45, 7) is -0.450. The van der Waals surface area contributed by atoms with E-state index < -0.39 is 35.7 Å². The quantitative estimate of drug-likeness (QED) is 0.712. The molecule has 3 rings (SSSR count). The molecule has 3 N–H and O–H groups in total. The Morgan fingerprint density at radius 2 is 1.52 bits per heavy atom. The van der Waals surface area contributed by atoms with Crippen molar-refractivity contribution in [3.63, 3.8) is 0 Å². The Morgan fingerprint density at radius 1 is 0.960 bits per heavy atom. The topological polar surface area (TPSA) is 80.9 Å². The van der Waals surface area contributed by atoms with Crippen molar-refractivity contribution >= 4 is 22.8 Å². The minimum atomic E-state index is -1.16. The van der Waals surface area contributed by atoms with Crippen molar-refractivity contribution in [2.24, 2.45) is 0 Å². The van der Waals surface area contributed by atoms with E-state index in [1.165, 1.54) is 6.07 Å². The van der Waals surface area contributed by atoms with Crippen LogP contribution in [0.25, 0.3) is 11.0 Å². The molecule has 0 aliphatic heterocycles. The summed E-state index contributed by atoms with van der Waals surface area (Å²) in [7, 11) is 0. The lowest BCUT2D eigenvalue weighted by atomic mass is 10.2. The molecule has 128 valence electrons. The second-order valence-electron chi connectivity index (χ2n) is 5.10. The molecule has 1 heterocycles. The Morgan fingerprint density at radius 3 is 2.12 bits per heavy atom. The second-order valence-corrected chi connectivity index (χ2v) is 5.10. The van der Waals surface area contributed by atoms with Crippen LogP contribution >= 0.6 is 0 Å². The summed E-state index contributed by atoms with van der Waals surface area (Å²) in [6, 6.07) is 4.85. The zero-order chi connectivity index (χ0) is 18.1. The predicted molar refractivity (Wildman–Crippen MR) is 81.4 cm³/mol. The number of carbonyl (C=O) groups excluding carboxylic acids is 1. The van der Waals surface area contributed by atoms with Crippen molar-refractivity contribution in [2.45, 2.75) is 6.54 Å². The molecule has 9 heteroatoms. The smallest absolute Gasteiger partial charge is 0.274 e. The van der Waals surface area contributed by atoms with Gasteiger partial charge in [-0.1, -0.05) is 6.07 Å². The van der Waals surface area contributed by atoms with E-state index in [4.69, 9.17) is 5.73 Å². The maximum atomic E-state index is 13.6. The average molecular weight is 350 g/mol. The molecule has 0 saturated heterocycles. The maximum absolute atomic E-state index is 13.6. The number of nitrogen functional groups attached to an aromatic ring is 1. The number of nitrogens with two attached hydrogens (primary N) is 1. The van der Waals surface area contributed by atoms with Gasteiger partial charge in [-0.25, -0.2) is 27.5 Å². The molecule has 1 aromatic heterocycles. The first-order valence-corrected chi connectivity index (χ1v) is 7.00. The molecule has 0 aliphatic rings. The molecule has 1 amide bonds. The van der Waals surface area contributed by atoms with Crippen molar-refractivity contribution in [1.82, 2.24) is 15.3 Å². The van der Waals surface area contributed by atoms with E-state index >= 15 is 0 Å². The van der Waals surface area contributed by atoms with Gasteiger partial charge in [-0.05, 0) is 12.1 Å². The lowest BCUT2D eigenvalue weighted by Crippen LogP contribution is -2.26. The molecule has 0 atom stereocenters. The molecule has 0 unspecified atom stereocenters. The van der Waals surface area contributed by atoms with Crippen molar-refractivity contribution in [3.8, 4) is 0 Å². The molecule has 5 nitrogen and oxygen atoms in total. The number of fused-ring (bicyclic) bond motifs is 1. The molecule has 0 saturated carbocycles. The van der Waals surface area contributed by atoms with Crippen molar-refractivity contribution in [2.75, 3.05) is 5.73 Å². The second kappa shape index (κ2) is 6.34. The molecular weight excluding hydrogens is 340 g/mol. The summed E-state index contributed by atoms with van der Waals surface area (Å²) < 4.78 is 53.6. The fourth-order valence-electron chi connectivity index (χ4n) is 2.19. The number of hydrogen-bond acceptors (Lipinski definition) is 4. The van der Waals surface area contributed by atoms with Crippen LogP contribution in [0.3, 0.4) is 0 Å². The number of amides is 1. The lowest BCUT2D eigenvalue weighted by Gasteiger charge is -2.09. The number of carbonyl (C=O) groups is 1. The van der Waals surface area contributed by atoms with Gasteiger partial charge in [-0.15, -0.1) is 0 Å². The van der Waals surface area contributed by atoms with Gasteiger partial charge in [0.1, 0.15) is 11.6 Å². The molecule has 0 bridgehead atoms. The minimum absolute atomic E-state index is 0.0342. The van der Waals surface area contributed by atoms with Crippen LogP contribution in [0, 0.1) is 23.3 Å². The Kier molecular flexibility index (Phi) is 4.22. The Labute approximate surface area is 138 Å². The summed E-state index contributed by atoms with van der Waals surface area (Å²) in [5, 5.41) is 2.26. The highest BCUT2D eigenvalue weighted by molar-refractivity contribution is 5.98. The van der Waals surface area contributed by atoms with Crippen LogP contribution in [-0.4, -0.2) is 15.9 Å². The van der Waals surface area contributed by atoms with E-state index in [1.807, 2.05) is 0 Å². The maximum Gasteiger partial charge on any atom is 0.274 e. The normalized spacial score (nSPS) is 10.9. The Balaban J connectivity index is 1.89. The van der Waals surface area contributed by atoms with Gasteiger partial charge in [0.15, 0.2) is 23.1 Å². The summed E-state index contributed by atoms with van der Waals surface area (Å²) in [6.07, 6.45) is 0. The first kappa shape index (κ1) is 16.6. The summed E-state index contributed by atoms with van der Waals surface area (Å²) >= 11 is 0. The number of aromatic nitrogens is 2. The van der Waals surface area contributed by atoms with Gasteiger partial charge >= 0.3 is 0 Å². The Bertz CT molecular complexity index is 973. The highest BCUT2D eigenvalue weighted by Gasteiger charge is 2.17. The zero-order valence-corrected chi connectivity index (χ0v) is 12.5. The van der Waals surface area contributed by atoms with Crippen LogP contribution in [-0.2, 0) is 6.54 Å².